The quantitative estimate of drug-likeness (QED) is 0.707. The SMILES string of the molecule is N#CC(=CNc1ccc(Cc2ccccc2)cc1)c1nn[nH]n1. The lowest BCUT2D eigenvalue weighted by atomic mass is 10.0. The summed E-state index contributed by atoms with van der Waals surface area (Å²) in [5.41, 5.74) is 3.70. The third-order valence-corrected chi connectivity index (χ3v) is 3.29. The van der Waals surface area contributed by atoms with Gasteiger partial charge in [0.15, 0.2) is 0 Å². The maximum Gasteiger partial charge on any atom is 0.216 e. The lowest BCUT2D eigenvalue weighted by Crippen LogP contribution is -1.94. The molecule has 112 valence electrons. The predicted octanol–water partition coefficient (Wildman–Crippen LogP) is 2.77. The number of H-pyrrole nitrogens is 1. The molecule has 6 heteroatoms. The maximum atomic E-state index is 9.10. The van der Waals surface area contributed by atoms with Crippen molar-refractivity contribution in [3.8, 4) is 6.07 Å². The number of allylic oxidation sites excluding steroid dienone is 1. The van der Waals surface area contributed by atoms with Gasteiger partial charge in [0.25, 0.3) is 0 Å². The molecule has 0 spiro atoms. The van der Waals surface area contributed by atoms with Crippen molar-refractivity contribution in [1.29, 1.82) is 5.26 Å². The number of hydrogen-bond acceptors (Lipinski definition) is 5. The molecule has 0 amide bonds. The number of nitrogens with one attached hydrogen (secondary N) is 2. The Kier molecular flexibility index (Phi) is 4.41. The van der Waals surface area contributed by atoms with Crippen molar-refractivity contribution in [3.05, 3.63) is 77.7 Å². The van der Waals surface area contributed by atoms with Crippen molar-refractivity contribution in [2.75, 3.05) is 5.32 Å². The molecular formula is C17H14N6. The Balaban J connectivity index is 1.67. The number of aromatic nitrogens is 4. The highest BCUT2D eigenvalue weighted by Crippen LogP contribution is 2.15. The molecule has 23 heavy (non-hydrogen) atoms. The molecule has 0 aliphatic rings. The van der Waals surface area contributed by atoms with Gasteiger partial charge in [-0.25, -0.2) is 0 Å². The second-order valence-corrected chi connectivity index (χ2v) is 4.91. The van der Waals surface area contributed by atoms with Crippen LogP contribution in [0.3, 0.4) is 0 Å². The monoisotopic (exact) mass is 302 g/mol. The molecule has 1 heterocycles. The van der Waals surface area contributed by atoms with Crippen LogP contribution in [-0.4, -0.2) is 20.6 Å². The standard InChI is InChI=1S/C17H14N6/c18-11-15(17-20-22-23-21-17)12-19-16-8-6-14(7-9-16)10-13-4-2-1-3-5-13/h1-9,12,19H,10H2,(H,20,21,22,23). The van der Waals surface area contributed by atoms with Crippen molar-refractivity contribution < 1.29 is 0 Å². The first-order valence-corrected chi connectivity index (χ1v) is 7.08. The summed E-state index contributed by atoms with van der Waals surface area (Å²) in [5, 5.41) is 25.5. The number of rotatable bonds is 5. The summed E-state index contributed by atoms with van der Waals surface area (Å²) in [6.07, 6.45) is 2.46. The van der Waals surface area contributed by atoms with E-state index < -0.39 is 0 Å². The minimum atomic E-state index is 0.265. The van der Waals surface area contributed by atoms with Crippen LogP contribution in [0.25, 0.3) is 5.57 Å². The molecule has 0 saturated carbocycles. The number of benzene rings is 2. The first-order chi connectivity index (χ1) is 11.3. The van der Waals surface area contributed by atoms with Gasteiger partial charge >= 0.3 is 0 Å². The number of nitrogens with zero attached hydrogens (tertiary/aromatic N) is 4. The van der Waals surface area contributed by atoms with Crippen LogP contribution in [0.4, 0.5) is 5.69 Å². The zero-order chi connectivity index (χ0) is 15.9. The Hall–Kier alpha value is -3.46. The summed E-state index contributed by atoms with van der Waals surface area (Å²) >= 11 is 0. The number of aromatic amines is 1. The van der Waals surface area contributed by atoms with Crippen LogP contribution < -0.4 is 5.32 Å². The summed E-state index contributed by atoms with van der Waals surface area (Å²) in [7, 11) is 0. The molecular weight excluding hydrogens is 288 g/mol. The van der Waals surface area contributed by atoms with Gasteiger partial charge in [-0.05, 0) is 34.9 Å². The first kappa shape index (κ1) is 14.5. The second-order valence-electron chi connectivity index (χ2n) is 4.91. The van der Waals surface area contributed by atoms with Gasteiger partial charge in [0.1, 0.15) is 11.6 Å². The topological polar surface area (TPSA) is 90.3 Å². The second kappa shape index (κ2) is 7.00. The Morgan fingerprint density at radius 3 is 2.48 bits per heavy atom. The van der Waals surface area contributed by atoms with Crippen LogP contribution in [-0.2, 0) is 6.42 Å². The largest absolute Gasteiger partial charge is 0.360 e. The Morgan fingerprint density at radius 1 is 1.09 bits per heavy atom. The van der Waals surface area contributed by atoms with E-state index in [1.165, 1.54) is 11.1 Å². The normalized spacial score (nSPS) is 11.0. The van der Waals surface area contributed by atoms with Gasteiger partial charge in [0.2, 0.25) is 5.82 Å². The number of tetrazole rings is 1. The first-order valence-electron chi connectivity index (χ1n) is 7.08. The third-order valence-electron chi connectivity index (χ3n) is 3.29. The molecule has 6 nitrogen and oxygen atoms in total. The summed E-state index contributed by atoms with van der Waals surface area (Å²) in [4.78, 5) is 0. The molecule has 0 fully saturated rings. The summed E-state index contributed by atoms with van der Waals surface area (Å²) in [5.74, 6) is 0.265. The van der Waals surface area contributed by atoms with Crippen LogP contribution >= 0.6 is 0 Å². The van der Waals surface area contributed by atoms with E-state index in [1.807, 2.05) is 36.4 Å². The molecule has 3 rings (SSSR count). The summed E-state index contributed by atoms with van der Waals surface area (Å²) in [6, 6.07) is 20.4. The zero-order valence-corrected chi connectivity index (χ0v) is 12.3. The number of hydrogen-bond donors (Lipinski definition) is 2. The average Bonchev–Trinajstić information content (AvgIpc) is 3.12. The van der Waals surface area contributed by atoms with E-state index in [-0.39, 0.29) is 5.82 Å². The molecule has 2 N–H and O–H groups in total. The van der Waals surface area contributed by atoms with E-state index in [9.17, 15) is 0 Å². The van der Waals surface area contributed by atoms with Gasteiger partial charge in [-0.2, -0.15) is 10.5 Å². The van der Waals surface area contributed by atoms with Gasteiger partial charge in [0.05, 0.1) is 0 Å². The fourth-order valence-corrected chi connectivity index (χ4v) is 2.13. The van der Waals surface area contributed by atoms with E-state index in [1.54, 1.807) is 6.20 Å². The van der Waals surface area contributed by atoms with Gasteiger partial charge in [-0.1, -0.05) is 42.5 Å². The fraction of sp³-hybridized carbons (Fsp3) is 0.0588. The van der Waals surface area contributed by atoms with Crippen LogP contribution in [0.15, 0.2) is 60.8 Å². The number of nitriles is 1. The van der Waals surface area contributed by atoms with Crippen LogP contribution in [0, 0.1) is 11.3 Å². The van der Waals surface area contributed by atoms with E-state index in [2.05, 4.69) is 50.2 Å². The summed E-state index contributed by atoms with van der Waals surface area (Å²) < 4.78 is 0. The minimum Gasteiger partial charge on any atom is -0.360 e. The molecule has 3 aromatic rings. The van der Waals surface area contributed by atoms with Crippen molar-refractivity contribution >= 4 is 11.3 Å². The zero-order valence-electron chi connectivity index (χ0n) is 12.3. The van der Waals surface area contributed by atoms with Crippen LogP contribution in [0.1, 0.15) is 17.0 Å². The Labute approximate surface area is 133 Å². The van der Waals surface area contributed by atoms with E-state index in [0.29, 0.717) is 5.57 Å². The highest BCUT2D eigenvalue weighted by molar-refractivity contribution is 5.73. The lowest BCUT2D eigenvalue weighted by molar-refractivity contribution is 0.881. The van der Waals surface area contributed by atoms with Crippen molar-refractivity contribution in [3.63, 3.8) is 0 Å². The van der Waals surface area contributed by atoms with Crippen LogP contribution in [0.2, 0.25) is 0 Å². The highest BCUT2D eigenvalue weighted by atomic mass is 15.5. The minimum absolute atomic E-state index is 0.265. The van der Waals surface area contributed by atoms with E-state index >= 15 is 0 Å². The van der Waals surface area contributed by atoms with Gasteiger partial charge < -0.3 is 5.32 Å². The molecule has 0 saturated heterocycles. The predicted molar refractivity (Wildman–Crippen MR) is 87.1 cm³/mol. The van der Waals surface area contributed by atoms with Gasteiger partial charge in [-0.15, -0.1) is 10.2 Å². The third kappa shape index (κ3) is 3.80. The fourth-order valence-electron chi connectivity index (χ4n) is 2.13. The summed E-state index contributed by atoms with van der Waals surface area (Å²) in [6.45, 7) is 0. The van der Waals surface area contributed by atoms with Crippen LogP contribution in [0.5, 0.6) is 0 Å². The molecule has 0 unspecified atom stereocenters. The van der Waals surface area contributed by atoms with E-state index in [0.717, 1.165) is 12.1 Å². The average molecular weight is 302 g/mol. The smallest absolute Gasteiger partial charge is 0.216 e. The molecule has 2 aromatic carbocycles. The molecule has 1 aromatic heterocycles. The lowest BCUT2D eigenvalue weighted by Gasteiger charge is -2.05. The number of anilines is 1. The van der Waals surface area contributed by atoms with Crippen molar-refractivity contribution in [1.82, 2.24) is 20.6 Å². The Bertz CT molecular complexity index is 814. The molecule has 0 radical (unpaired) electrons. The molecule has 0 atom stereocenters. The Morgan fingerprint density at radius 2 is 1.83 bits per heavy atom. The van der Waals surface area contributed by atoms with E-state index in [4.69, 9.17) is 5.26 Å². The molecule has 0 aliphatic carbocycles. The molecule has 0 bridgehead atoms. The molecule has 0 aliphatic heterocycles. The highest BCUT2D eigenvalue weighted by Gasteiger charge is 2.05. The van der Waals surface area contributed by atoms with Gasteiger partial charge in [-0.3, -0.25) is 0 Å². The maximum absolute atomic E-state index is 9.10. The van der Waals surface area contributed by atoms with Gasteiger partial charge in [0, 0.05) is 11.9 Å². The van der Waals surface area contributed by atoms with Crippen molar-refractivity contribution in [2.45, 2.75) is 6.42 Å². The van der Waals surface area contributed by atoms with Crippen molar-refractivity contribution in [2.24, 2.45) is 0 Å².